The highest BCUT2D eigenvalue weighted by molar-refractivity contribution is 6.28. The van der Waals surface area contributed by atoms with Crippen molar-refractivity contribution in [2.75, 3.05) is 7.05 Å². The molecule has 0 aromatic heterocycles. The standard InChI is InChI=1S/C13H25BN2O2/c1-12(2,17)13(3,4)18-14-8-6-10-7-9-16-11(10)15-5/h6-7,9,11,14-17H,8H2,1-5H3/b10-6-. The molecule has 0 amide bonds. The summed E-state index contributed by atoms with van der Waals surface area (Å²) in [5.74, 6) is 0. The van der Waals surface area contributed by atoms with Crippen LogP contribution in [-0.4, -0.2) is 37.0 Å². The highest BCUT2D eigenvalue weighted by Gasteiger charge is 2.35. The van der Waals surface area contributed by atoms with Crippen molar-refractivity contribution in [3.63, 3.8) is 0 Å². The molecule has 0 fully saturated rings. The fourth-order valence-electron chi connectivity index (χ4n) is 1.59. The lowest BCUT2D eigenvalue weighted by Gasteiger charge is -2.37. The first-order valence-electron chi connectivity index (χ1n) is 6.44. The quantitative estimate of drug-likeness (QED) is 0.486. The van der Waals surface area contributed by atoms with Crippen molar-refractivity contribution in [1.29, 1.82) is 0 Å². The minimum Gasteiger partial charge on any atom is -0.432 e. The van der Waals surface area contributed by atoms with Gasteiger partial charge in [0.2, 0.25) is 0 Å². The van der Waals surface area contributed by atoms with E-state index in [0.29, 0.717) is 7.48 Å². The van der Waals surface area contributed by atoms with Crippen LogP contribution in [0.4, 0.5) is 0 Å². The number of nitrogens with one attached hydrogen (secondary N) is 2. The molecule has 1 aliphatic heterocycles. The van der Waals surface area contributed by atoms with E-state index in [1.807, 2.05) is 27.1 Å². The van der Waals surface area contributed by atoms with Crippen LogP contribution in [0.25, 0.3) is 0 Å². The van der Waals surface area contributed by atoms with E-state index < -0.39 is 11.2 Å². The molecule has 0 aromatic rings. The van der Waals surface area contributed by atoms with E-state index >= 15 is 0 Å². The van der Waals surface area contributed by atoms with Gasteiger partial charge >= 0.3 is 0 Å². The number of hydrogen-bond acceptors (Lipinski definition) is 4. The summed E-state index contributed by atoms with van der Waals surface area (Å²) in [6.07, 6.45) is 7.18. The van der Waals surface area contributed by atoms with Gasteiger partial charge in [0.1, 0.15) is 6.17 Å². The molecule has 1 aliphatic rings. The van der Waals surface area contributed by atoms with Crippen molar-refractivity contribution >= 4 is 7.48 Å². The Kier molecular flexibility index (Phi) is 5.02. The Balaban J connectivity index is 2.39. The topological polar surface area (TPSA) is 53.5 Å². The zero-order valence-electron chi connectivity index (χ0n) is 12.1. The normalized spacial score (nSPS) is 22.3. The van der Waals surface area contributed by atoms with Gasteiger partial charge in [0, 0.05) is 0 Å². The predicted molar refractivity (Wildman–Crippen MR) is 76.6 cm³/mol. The fraction of sp³-hybridized carbons (Fsp3) is 0.692. The van der Waals surface area contributed by atoms with Crippen LogP contribution in [0.1, 0.15) is 27.7 Å². The molecule has 0 saturated carbocycles. The summed E-state index contributed by atoms with van der Waals surface area (Å²) in [4.78, 5) is 0. The molecule has 3 N–H and O–H groups in total. The first kappa shape index (κ1) is 15.3. The van der Waals surface area contributed by atoms with Crippen LogP contribution >= 0.6 is 0 Å². The molecule has 0 radical (unpaired) electrons. The Bertz CT molecular complexity index is 332. The van der Waals surface area contributed by atoms with Gasteiger partial charge in [0.15, 0.2) is 0 Å². The van der Waals surface area contributed by atoms with Crippen molar-refractivity contribution in [2.45, 2.75) is 51.4 Å². The second-order valence-electron chi connectivity index (χ2n) is 5.63. The zero-order valence-corrected chi connectivity index (χ0v) is 12.1. The maximum atomic E-state index is 9.96. The number of hydrogen-bond donors (Lipinski definition) is 3. The number of aliphatic hydroxyl groups is 1. The van der Waals surface area contributed by atoms with Crippen LogP contribution in [0, 0.1) is 0 Å². The second kappa shape index (κ2) is 5.91. The molecule has 1 rings (SSSR count). The molecule has 0 bridgehead atoms. The van der Waals surface area contributed by atoms with Gasteiger partial charge in [-0.15, -0.1) is 0 Å². The molecule has 18 heavy (non-hydrogen) atoms. The monoisotopic (exact) mass is 252 g/mol. The van der Waals surface area contributed by atoms with Gasteiger partial charge in [-0.1, -0.05) is 6.08 Å². The average Bonchev–Trinajstić information content (AvgIpc) is 2.70. The minimum atomic E-state index is -0.845. The van der Waals surface area contributed by atoms with E-state index in [2.05, 4.69) is 22.8 Å². The lowest BCUT2D eigenvalue weighted by atomic mass is 9.85. The van der Waals surface area contributed by atoms with Crippen LogP contribution < -0.4 is 10.6 Å². The Morgan fingerprint density at radius 2 is 2.17 bits per heavy atom. The van der Waals surface area contributed by atoms with Gasteiger partial charge in [0.25, 0.3) is 7.48 Å². The summed E-state index contributed by atoms with van der Waals surface area (Å²) in [7, 11) is 2.52. The van der Waals surface area contributed by atoms with Crippen LogP contribution in [-0.2, 0) is 4.65 Å². The smallest absolute Gasteiger partial charge is 0.279 e. The molecular weight excluding hydrogens is 227 g/mol. The SMILES string of the molecule is CNC1NC=C/C1=C/CBOC(C)(C)C(C)(C)O. The summed E-state index contributed by atoms with van der Waals surface area (Å²) in [5, 5.41) is 16.3. The maximum Gasteiger partial charge on any atom is 0.279 e. The Morgan fingerprint density at radius 3 is 2.72 bits per heavy atom. The molecule has 5 heteroatoms. The third-order valence-corrected chi connectivity index (χ3v) is 3.59. The molecular formula is C13H25BN2O2. The molecule has 4 nitrogen and oxygen atoms in total. The largest absolute Gasteiger partial charge is 0.432 e. The van der Waals surface area contributed by atoms with E-state index in [-0.39, 0.29) is 6.17 Å². The minimum absolute atomic E-state index is 0.201. The zero-order chi connectivity index (χ0) is 13.8. The lowest BCUT2D eigenvalue weighted by Crippen LogP contribution is -2.47. The summed E-state index contributed by atoms with van der Waals surface area (Å²) in [6.45, 7) is 7.36. The van der Waals surface area contributed by atoms with Gasteiger partial charge in [-0.2, -0.15) is 0 Å². The highest BCUT2D eigenvalue weighted by Crippen LogP contribution is 2.24. The molecule has 0 aromatic carbocycles. The molecule has 102 valence electrons. The third kappa shape index (κ3) is 3.87. The second-order valence-corrected chi connectivity index (χ2v) is 5.63. The fourth-order valence-corrected chi connectivity index (χ4v) is 1.59. The van der Waals surface area contributed by atoms with Crippen molar-refractivity contribution < 1.29 is 9.76 Å². The van der Waals surface area contributed by atoms with Crippen molar-refractivity contribution in [1.82, 2.24) is 10.6 Å². The van der Waals surface area contributed by atoms with E-state index in [0.717, 1.165) is 6.32 Å². The first-order chi connectivity index (χ1) is 8.28. The molecule has 0 spiro atoms. The van der Waals surface area contributed by atoms with Crippen molar-refractivity contribution in [3.8, 4) is 0 Å². The summed E-state index contributed by atoms with van der Waals surface area (Å²) < 4.78 is 5.76. The highest BCUT2D eigenvalue weighted by atomic mass is 16.5. The molecule has 1 atom stereocenters. The summed E-state index contributed by atoms with van der Waals surface area (Å²) >= 11 is 0. The van der Waals surface area contributed by atoms with E-state index in [4.69, 9.17) is 4.65 Å². The third-order valence-electron chi connectivity index (χ3n) is 3.59. The van der Waals surface area contributed by atoms with Crippen LogP contribution in [0.5, 0.6) is 0 Å². The Hall–Kier alpha value is -0.775. The van der Waals surface area contributed by atoms with E-state index in [1.165, 1.54) is 5.57 Å². The van der Waals surface area contributed by atoms with E-state index in [9.17, 15) is 5.11 Å². The van der Waals surface area contributed by atoms with Gasteiger partial charge < -0.3 is 15.1 Å². The molecule has 1 heterocycles. The first-order valence-corrected chi connectivity index (χ1v) is 6.44. The predicted octanol–water partition coefficient (Wildman–Crippen LogP) is 0.911. The van der Waals surface area contributed by atoms with Crippen LogP contribution in [0.3, 0.4) is 0 Å². The van der Waals surface area contributed by atoms with Gasteiger partial charge in [-0.3, -0.25) is 5.32 Å². The van der Waals surface area contributed by atoms with Crippen molar-refractivity contribution in [3.05, 3.63) is 23.9 Å². The maximum absolute atomic E-state index is 9.96. The number of likely N-dealkylation sites (N-methyl/N-ethyl adjacent to an activating group) is 1. The molecule has 1 unspecified atom stereocenters. The van der Waals surface area contributed by atoms with Gasteiger partial charge in [-0.05, 0) is 58.9 Å². The summed E-state index contributed by atoms with van der Waals surface area (Å²) in [6, 6.07) is 0. The average molecular weight is 252 g/mol. The Labute approximate surface area is 111 Å². The lowest BCUT2D eigenvalue weighted by molar-refractivity contribution is -0.0901. The van der Waals surface area contributed by atoms with Gasteiger partial charge in [0.05, 0.1) is 11.2 Å². The van der Waals surface area contributed by atoms with Gasteiger partial charge in [-0.25, -0.2) is 0 Å². The Morgan fingerprint density at radius 1 is 1.50 bits per heavy atom. The van der Waals surface area contributed by atoms with Crippen molar-refractivity contribution in [2.24, 2.45) is 0 Å². The number of allylic oxidation sites excluding steroid dienone is 1. The molecule has 0 saturated heterocycles. The van der Waals surface area contributed by atoms with Crippen LogP contribution in [0.2, 0.25) is 6.32 Å². The number of rotatable bonds is 6. The molecule has 0 aliphatic carbocycles. The van der Waals surface area contributed by atoms with Crippen LogP contribution in [0.15, 0.2) is 23.9 Å². The van der Waals surface area contributed by atoms with E-state index in [1.54, 1.807) is 13.8 Å². The summed E-state index contributed by atoms with van der Waals surface area (Å²) in [5.41, 5.74) is -0.165.